The van der Waals surface area contributed by atoms with Gasteiger partial charge in [-0.05, 0) is 62.3 Å². The van der Waals surface area contributed by atoms with Crippen LogP contribution in [0.5, 0.6) is 11.5 Å². The Balaban J connectivity index is 1.69. The molecular weight excluding hydrogens is 331 g/mol. The molecule has 2 aliphatic heterocycles. The number of nitrogens with zero attached hydrogens (tertiary/aromatic N) is 2. The fourth-order valence-electron chi connectivity index (χ4n) is 4.16. The highest BCUT2D eigenvalue weighted by Gasteiger charge is 2.31. The topological polar surface area (TPSA) is 35.9 Å². The molecule has 1 N–H and O–H groups in total. The zero-order valence-corrected chi connectivity index (χ0v) is 15.5. The molecule has 4 nitrogen and oxygen atoms in total. The number of halogens is 1. The molecule has 5 heteroatoms. The van der Waals surface area contributed by atoms with Crippen LogP contribution in [0.3, 0.4) is 0 Å². The van der Waals surface area contributed by atoms with E-state index >= 15 is 4.39 Å². The van der Waals surface area contributed by atoms with E-state index < -0.39 is 0 Å². The first-order valence-corrected chi connectivity index (χ1v) is 9.09. The average Bonchev–Trinajstić information content (AvgIpc) is 2.55. The number of likely N-dealkylation sites (tertiary alicyclic amines) is 1. The summed E-state index contributed by atoms with van der Waals surface area (Å²) in [4.78, 5) is 4.35. The van der Waals surface area contributed by atoms with E-state index in [9.17, 15) is 5.11 Å². The van der Waals surface area contributed by atoms with Gasteiger partial charge in [0, 0.05) is 31.3 Å². The third-order valence-electron chi connectivity index (χ3n) is 5.51. The van der Waals surface area contributed by atoms with Crippen LogP contribution in [0.25, 0.3) is 0 Å². The van der Waals surface area contributed by atoms with Crippen molar-refractivity contribution in [3.63, 3.8) is 0 Å². The molecule has 2 aromatic rings. The van der Waals surface area contributed by atoms with Gasteiger partial charge < -0.3 is 9.84 Å². The van der Waals surface area contributed by atoms with Crippen molar-refractivity contribution in [2.45, 2.75) is 25.5 Å². The SMILES string of the molecule is Cc1cc(OC2CN(C)C2)cc(F)c1[C@H]1c2ccc(O)cc2CCN1C. The normalized spacial score (nSPS) is 21.3. The van der Waals surface area contributed by atoms with E-state index in [0.29, 0.717) is 11.3 Å². The molecule has 0 aliphatic carbocycles. The van der Waals surface area contributed by atoms with Gasteiger partial charge in [-0.25, -0.2) is 4.39 Å². The lowest BCUT2D eigenvalue weighted by atomic mass is 9.86. The Hall–Kier alpha value is -2.11. The van der Waals surface area contributed by atoms with Crippen LogP contribution < -0.4 is 4.74 Å². The number of hydrogen-bond acceptors (Lipinski definition) is 4. The number of benzene rings is 2. The summed E-state index contributed by atoms with van der Waals surface area (Å²) in [5.41, 5.74) is 3.74. The number of phenolic OH excluding ortho intramolecular Hbond substituents is 1. The number of phenols is 1. The van der Waals surface area contributed by atoms with Crippen molar-refractivity contribution in [2.75, 3.05) is 33.7 Å². The molecule has 4 rings (SSSR count). The summed E-state index contributed by atoms with van der Waals surface area (Å²) in [6.07, 6.45) is 0.999. The van der Waals surface area contributed by atoms with Crippen molar-refractivity contribution in [1.82, 2.24) is 9.80 Å². The van der Waals surface area contributed by atoms with E-state index in [0.717, 1.165) is 42.7 Å². The van der Waals surface area contributed by atoms with Gasteiger partial charge in [-0.2, -0.15) is 0 Å². The molecule has 0 bridgehead atoms. The number of likely N-dealkylation sites (N-methyl/N-ethyl adjacent to an activating group) is 2. The highest BCUT2D eigenvalue weighted by atomic mass is 19.1. The Morgan fingerprint density at radius 3 is 2.62 bits per heavy atom. The summed E-state index contributed by atoms with van der Waals surface area (Å²) in [5.74, 6) is 0.634. The number of aromatic hydroxyl groups is 1. The van der Waals surface area contributed by atoms with Crippen LogP contribution in [0, 0.1) is 12.7 Å². The fraction of sp³-hybridized carbons (Fsp3) is 0.429. The molecule has 2 aromatic carbocycles. The quantitative estimate of drug-likeness (QED) is 0.917. The first kappa shape index (κ1) is 17.3. The summed E-state index contributed by atoms with van der Waals surface area (Å²) in [6.45, 7) is 4.53. The second-order valence-electron chi connectivity index (χ2n) is 7.61. The largest absolute Gasteiger partial charge is 0.508 e. The Morgan fingerprint density at radius 1 is 1.15 bits per heavy atom. The van der Waals surface area contributed by atoms with Gasteiger partial charge in [0.25, 0.3) is 0 Å². The monoisotopic (exact) mass is 356 g/mol. The maximum absolute atomic E-state index is 15.1. The molecule has 1 saturated heterocycles. The second-order valence-corrected chi connectivity index (χ2v) is 7.61. The highest BCUT2D eigenvalue weighted by Crippen LogP contribution is 2.39. The summed E-state index contributed by atoms with van der Waals surface area (Å²) in [5, 5.41) is 9.78. The van der Waals surface area contributed by atoms with E-state index in [2.05, 4.69) is 9.80 Å². The molecule has 2 heterocycles. The van der Waals surface area contributed by atoms with Gasteiger partial charge in [0.15, 0.2) is 0 Å². The van der Waals surface area contributed by atoms with Crippen LogP contribution in [-0.4, -0.2) is 54.7 Å². The van der Waals surface area contributed by atoms with Crippen molar-refractivity contribution in [2.24, 2.45) is 0 Å². The van der Waals surface area contributed by atoms with Crippen molar-refractivity contribution < 1.29 is 14.2 Å². The molecule has 2 aliphatic rings. The molecule has 0 radical (unpaired) electrons. The lowest BCUT2D eigenvalue weighted by Gasteiger charge is -2.37. The highest BCUT2D eigenvalue weighted by molar-refractivity contribution is 5.47. The van der Waals surface area contributed by atoms with Crippen LogP contribution >= 0.6 is 0 Å². The minimum Gasteiger partial charge on any atom is -0.508 e. The molecule has 0 spiro atoms. The Morgan fingerprint density at radius 2 is 1.92 bits per heavy atom. The third-order valence-corrected chi connectivity index (χ3v) is 5.51. The zero-order chi connectivity index (χ0) is 18.4. The molecular formula is C21H25FN2O2. The van der Waals surface area contributed by atoms with Crippen LogP contribution in [-0.2, 0) is 6.42 Å². The standard InChI is InChI=1S/C21H25FN2O2/c1-13-8-16(26-17-11-23(2)12-17)10-19(22)20(13)21-18-5-4-15(25)9-14(18)6-7-24(21)3/h4-5,8-10,17,21,25H,6-7,11-12H2,1-3H3/t21-/m1/s1. The van der Waals surface area contributed by atoms with Gasteiger partial charge in [0.05, 0.1) is 6.04 Å². The van der Waals surface area contributed by atoms with Crippen LogP contribution in [0.15, 0.2) is 30.3 Å². The number of aryl methyl sites for hydroxylation is 1. The minimum absolute atomic E-state index is 0.144. The van der Waals surface area contributed by atoms with E-state index in [1.165, 1.54) is 6.07 Å². The fourth-order valence-corrected chi connectivity index (χ4v) is 4.16. The average molecular weight is 356 g/mol. The zero-order valence-electron chi connectivity index (χ0n) is 15.5. The Labute approximate surface area is 153 Å². The van der Waals surface area contributed by atoms with Crippen molar-refractivity contribution in [1.29, 1.82) is 0 Å². The second kappa shape index (κ2) is 6.56. The van der Waals surface area contributed by atoms with Crippen LogP contribution in [0.1, 0.15) is 28.3 Å². The maximum Gasteiger partial charge on any atom is 0.132 e. The lowest BCUT2D eigenvalue weighted by Crippen LogP contribution is -2.51. The van der Waals surface area contributed by atoms with E-state index in [4.69, 9.17) is 4.74 Å². The molecule has 0 amide bonds. The van der Waals surface area contributed by atoms with Gasteiger partial charge in [0.1, 0.15) is 23.4 Å². The summed E-state index contributed by atoms with van der Waals surface area (Å²) >= 11 is 0. The van der Waals surface area contributed by atoms with Gasteiger partial charge >= 0.3 is 0 Å². The number of ether oxygens (including phenoxy) is 1. The third kappa shape index (κ3) is 3.06. The van der Waals surface area contributed by atoms with Gasteiger partial charge in [0.2, 0.25) is 0 Å². The van der Waals surface area contributed by atoms with Crippen molar-refractivity contribution >= 4 is 0 Å². The Bertz CT molecular complexity index is 810. The van der Waals surface area contributed by atoms with Crippen LogP contribution in [0.2, 0.25) is 0 Å². The first-order chi connectivity index (χ1) is 12.4. The number of hydrogen-bond donors (Lipinski definition) is 1. The molecule has 0 aromatic heterocycles. The van der Waals surface area contributed by atoms with Crippen molar-refractivity contribution in [3.05, 3.63) is 58.4 Å². The lowest BCUT2D eigenvalue weighted by molar-refractivity contribution is 0.0385. The number of rotatable bonds is 3. The molecule has 1 atom stereocenters. The van der Waals surface area contributed by atoms with E-state index in [-0.39, 0.29) is 23.7 Å². The Kier molecular flexibility index (Phi) is 4.37. The first-order valence-electron chi connectivity index (χ1n) is 9.09. The molecule has 138 valence electrons. The predicted octanol–water partition coefficient (Wildman–Crippen LogP) is 3.11. The minimum atomic E-state index is -0.231. The van der Waals surface area contributed by atoms with Crippen LogP contribution in [0.4, 0.5) is 4.39 Å². The summed E-state index contributed by atoms with van der Waals surface area (Å²) < 4.78 is 21.0. The van der Waals surface area contributed by atoms with E-state index in [1.807, 2.05) is 33.2 Å². The van der Waals surface area contributed by atoms with Gasteiger partial charge in [-0.1, -0.05) is 6.07 Å². The predicted molar refractivity (Wildman–Crippen MR) is 99.3 cm³/mol. The molecule has 0 saturated carbocycles. The molecule has 1 fully saturated rings. The van der Waals surface area contributed by atoms with Crippen molar-refractivity contribution in [3.8, 4) is 11.5 Å². The summed E-state index contributed by atoms with van der Waals surface area (Å²) in [6, 6.07) is 8.71. The van der Waals surface area contributed by atoms with Gasteiger partial charge in [-0.15, -0.1) is 0 Å². The summed E-state index contributed by atoms with van der Waals surface area (Å²) in [7, 11) is 4.07. The maximum atomic E-state index is 15.1. The molecule has 26 heavy (non-hydrogen) atoms. The molecule has 0 unspecified atom stereocenters. The smallest absolute Gasteiger partial charge is 0.132 e. The number of fused-ring (bicyclic) bond motifs is 1. The van der Waals surface area contributed by atoms with E-state index in [1.54, 1.807) is 12.1 Å². The van der Waals surface area contributed by atoms with Gasteiger partial charge in [-0.3, -0.25) is 9.80 Å².